The standard InChI is InChI=1S/C26H34N8O5.C5H14N2O.2C2H6/c1-16(28-10-11-39-13-12-38-3)4-9-21(25(36)37)31-17(2)18-5-7-19(8-6-18)29-14-20-15-30-23-22(32-20)24(35)34-26(27)33-23;1-7(5-6)3-4-8-2;2*1-2/h5-8,15,21,28-29,31H,1-2,4,9-14H2,3H3,(H,36,37)(H3,27,30,33,34,35);3-6H2,1-2H3;2*1-2H3. The van der Waals surface area contributed by atoms with Crippen molar-refractivity contribution >= 4 is 34.5 Å². The third-order valence-electron chi connectivity index (χ3n) is 6.62. The number of aromatic nitrogens is 4. The highest BCUT2D eigenvalue weighted by Crippen LogP contribution is 2.17. The molecule has 3 rings (SSSR count). The molecule has 2 aromatic heterocycles. The van der Waals surface area contributed by atoms with E-state index in [1.807, 2.05) is 63.9 Å². The molecule has 0 spiro atoms. The Kier molecular flexibility index (Phi) is 25.6. The van der Waals surface area contributed by atoms with Gasteiger partial charge >= 0.3 is 5.97 Å². The van der Waals surface area contributed by atoms with Gasteiger partial charge in [0.2, 0.25) is 5.95 Å². The number of allylic oxidation sites excluding steroid dienone is 1. The second-order valence-corrected chi connectivity index (χ2v) is 10.4. The number of carboxylic acids is 1. The smallest absolute Gasteiger partial charge is 0.326 e. The molecule has 0 saturated carbocycles. The van der Waals surface area contributed by atoms with Gasteiger partial charge in [-0.3, -0.25) is 14.7 Å². The molecule has 0 aliphatic heterocycles. The Balaban J connectivity index is 0.00000181. The minimum atomic E-state index is -0.974. The molecule has 0 aliphatic carbocycles. The maximum Gasteiger partial charge on any atom is 0.326 e. The fourth-order valence-electron chi connectivity index (χ4n) is 3.88. The maximum atomic E-state index is 12.0. The van der Waals surface area contributed by atoms with E-state index in [-0.39, 0.29) is 17.1 Å². The number of nitrogens with zero attached hydrogens (tertiary/aromatic N) is 4. The summed E-state index contributed by atoms with van der Waals surface area (Å²) in [6.45, 7) is 20.7. The first kappa shape index (κ1) is 46.4. The lowest BCUT2D eigenvalue weighted by molar-refractivity contribution is -0.139. The zero-order valence-corrected chi connectivity index (χ0v) is 31.4. The summed E-state index contributed by atoms with van der Waals surface area (Å²) in [5.74, 6) is -0.991. The van der Waals surface area contributed by atoms with Crippen LogP contribution in [0.4, 0.5) is 11.6 Å². The first-order chi connectivity index (χ1) is 24.6. The van der Waals surface area contributed by atoms with E-state index in [1.54, 1.807) is 14.2 Å². The zero-order chi connectivity index (χ0) is 38.6. The Morgan fingerprint density at radius 2 is 1.71 bits per heavy atom. The van der Waals surface area contributed by atoms with Crippen LogP contribution in [0.3, 0.4) is 0 Å². The fourth-order valence-corrected chi connectivity index (χ4v) is 3.88. The number of carbonyl (C=O) groups is 1. The van der Waals surface area contributed by atoms with Crippen molar-refractivity contribution in [1.82, 2.24) is 35.5 Å². The first-order valence-electron chi connectivity index (χ1n) is 17.0. The van der Waals surface area contributed by atoms with Crippen molar-refractivity contribution in [3.63, 3.8) is 0 Å². The number of nitrogens with one attached hydrogen (secondary N) is 4. The summed E-state index contributed by atoms with van der Waals surface area (Å²) in [5.41, 5.74) is 14.0. The number of hydrogen-bond acceptors (Lipinski definition) is 14. The Morgan fingerprint density at radius 1 is 1.04 bits per heavy atom. The van der Waals surface area contributed by atoms with Crippen LogP contribution >= 0.6 is 0 Å². The normalized spacial score (nSPS) is 10.8. The average molecular weight is 717 g/mol. The van der Waals surface area contributed by atoms with E-state index in [1.165, 1.54) is 6.20 Å². The Morgan fingerprint density at radius 3 is 2.31 bits per heavy atom. The predicted molar refractivity (Wildman–Crippen MR) is 205 cm³/mol. The monoisotopic (exact) mass is 716 g/mol. The molecule has 0 aliphatic rings. The van der Waals surface area contributed by atoms with Crippen LogP contribution in [0.15, 0.2) is 54.1 Å². The van der Waals surface area contributed by atoms with Gasteiger partial charge in [-0.15, -0.1) is 0 Å². The molecular formula is C35H60N10O6. The summed E-state index contributed by atoms with van der Waals surface area (Å²) < 4.78 is 15.1. The molecule has 2 heterocycles. The molecule has 0 radical (unpaired) electrons. The number of anilines is 2. The quantitative estimate of drug-likeness (QED) is 0.0621. The van der Waals surface area contributed by atoms with E-state index in [0.717, 1.165) is 30.1 Å². The molecule has 1 unspecified atom stereocenters. The number of nitrogens with two attached hydrogens (primary N) is 2. The molecule has 0 amide bonds. The van der Waals surface area contributed by atoms with Crippen LogP contribution in [0.1, 0.15) is 51.8 Å². The molecule has 0 bridgehead atoms. The van der Waals surface area contributed by atoms with Crippen molar-refractivity contribution in [2.75, 3.05) is 78.5 Å². The van der Waals surface area contributed by atoms with Gasteiger partial charge in [-0.25, -0.2) is 14.8 Å². The van der Waals surface area contributed by atoms with E-state index in [9.17, 15) is 14.7 Å². The van der Waals surface area contributed by atoms with Gasteiger partial charge in [-0.2, -0.15) is 4.98 Å². The number of ether oxygens (including phenoxy) is 3. The van der Waals surface area contributed by atoms with Crippen molar-refractivity contribution in [2.24, 2.45) is 5.73 Å². The number of aliphatic carboxylic acids is 1. The minimum absolute atomic E-state index is 0.0171. The van der Waals surface area contributed by atoms with Crippen LogP contribution in [-0.4, -0.2) is 109 Å². The molecule has 16 nitrogen and oxygen atoms in total. The molecule has 0 saturated heterocycles. The Hall–Kier alpha value is -4.61. The van der Waals surface area contributed by atoms with E-state index in [4.69, 9.17) is 25.7 Å². The molecule has 3 aromatic rings. The van der Waals surface area contributed by atoms with E-state index in [2.05, 4.69) is 49.0 Å². The van der Waals surface area contributed by atoms with Crippen molar-refractivity contribution in [1.29, 1.82) is 0 Å². The second-order valence-electron chi connectivity index (χ2n) is 10.4. The van der Waals surface area contributed by atoms with Gasteiger partial charge < -0.3 is 46.7 Å². The number of likely N-dealkylation sites (N-methyl/N-ethyl adjacent to an activating group) is 1. The molecule has 1 atom stereocenters. The summed E-state index contributed by atoms with van der Waals surface area (Å²) in [5, 5.41) is 19.0. The summed E-state index contributed by atoms with van der Waals surface area (Å²) in [4.78, 5) is 40.6. The highest BCUT2D eigenvalue weighted by molar-refractivity contribution is 5.77. The lowest BCUT2D eigenvalue weighted by Gasteiger charge is -2.19. The molecule has 286 valence electrons. The number of carboxylic acid groups (broad SMARTS) is 1. The van der Waals surface area contributed by atoms with Gasteiger partial charge in [0.1, 0.15) is 6.04 Å². The predicted octanol–water partition coefficient (Wildman–Crippen LogP) is 3.00. The fraction of sp³-hybridized carbons (Fsp3) is 0.514. The Labute approximate surface area is 302 Å². The first-order valence-corrected chi connectivity index (χ1v) is 17.0. The maximum absolute atomic E-state index is 12.0. The van der Waals surface area contributed by atoms with Gasteiger partial charge in [0, 0.05) is 51.1 Å². The third kappa shape index (κ3) is 19.4. The zero-order valence-electron chi connectivity index (χ0n) is 31.4. The van der Waals surface area contributed by atoms with Crippen LogP contribution < -0.4 is 33.0 Å². The van der Waals surface area contributed by atoms with Crippen molar-refractivity contribution in [2.45, 2.75) is 53.1 Å². The number of hydrogen-bond donors (Lipinski definition) is 7. The largest absolute Gasteiger partial charge is 0.480 e. The number of H-pyrrole nitrogens is 1. The van der Waals surface area contributed by atoms with Crippen LogP contribution in [0.25, 0.3) is 16.9 Å². The molecule has 9 N–H and O–H groups in total. The van der Waals surface area contributed by atoms with Crippen LogP contribution in [0.5, 0.6) is 0 Å². The van der Waals surface area contributed by atoms with Gasteiger partial charge in [0.25, 0.3) is 5.56 Å². The average Bonchev–Trinajstić information content (AvgIpc) is 3.14. The number of aromatic amines is 1. The molecule has 0 fully saturated rings. The highest BCUT2D eigenvalue weighted by atomic mass is 16.5. The van der Waals surface area contributed by atoms with Gasteiger partial charge in [0.05, 0.1) is 44.9 Å². The van der Waals surface area contributed by atoms with Crippen LogP contribution in [0, 0.1) is 0 Å². The number of nitrogen functional groups attached to an aromatic ring is 1. The molecule has 16 heteroatoms. The molecule has 1 aromatic carbocycles. The SMILES string of the molecule is C=C(CCC(NC(=C)c1ccc(NCc2cnc3nc(N)[nH]c(=O)c3n2)cc1)C(=O)O)NCCOCCOC.CC.CC.COCCN(C)CN. The lowest BCUT2D eigenvalue weighted by Crippen LogP contribution is -2.35. The number of fused-ring (bicyclic) bond motifs is 1. The lowest BCUT2D eigenvalue weighted by atomic mass is 10.1. The number of methoxy groups -OCH3 is 2. The van der Waals surface area contributed by atoms with Crippen LogP contribution in [-0.2, 0) is 25.5 Å². The topological polar surface area (TPSA) is 228 Å². The second kappa shape index (κ2) is 28.1. The van der Waals surface area contributed by atoms with E-state index in [0.29, 0.717) is 63.8 Å². The summed E-state index contributed by atoms with van der Waals surface area (Å²) in [7, 11) is 5.26. The van der Waals surface area contributed by atoms with Gasteiger partial charge in [-0.05, 0) is 37.6 Å². The summed E-state index contributed by atoms with van der Waals surface area (Å²) in [6.07, 6.45) is 2.33. The van der Waals surface area contributed by atoms with E-state index >= 15 is 0 Å². The van der Waals surface area contributed by atoms with Crippen molar-refractivity contribution in [3.8, 4) is 0 Å². The van der Waals surface area contributed by atoms with Crippen molar-refractivity contribution in [3.05, 3.63) is 70.9 Å². The number of rotatable bonds is 21. The molecule has 51 heavy (non-hydrogen) atoms. The summed E-state index contributed by atoms with van der Waals surface area (Å²) >= 11 is 0. The third-order valence-corrected chi connectivity index (χ3v) is 6.62. The molecular weight excluding hydrogens is 656 g/mol. The summed E-state index contributed by atoms with van der Waals surface area (Å²) in [6, 6.07) is 6.49. The Bertz CT molecular complexity index is 1470. The van der Waals surface area contributed by atoms with Crippen molar-refractivity contribution < 1.29 is 24.1 Å². The van der Waals surface area contributed by atoms with Gasteiger partial charge in [0.15, 0.2) is 11.2 Å². The van der Waals surface area contributed by atoms with E-state index < -0.39 is 17.6 Å². The minimum Gasteiger partial charge on any atom is -0.480 e. The highest BCUT2D eigenvalue weighted by Gasteiger charge is 2.18. The van der Waals surface area contributed by atoms with Gasteiger partial charge in [-0.1, -0.05) is 53.0 Å². The number of benzene rings is 1. The van der Waals surface area contributed by atoms with Crippen LogP contribution in [0.2, 0.25) is 0 Å².